The molecule has 1 aliphatic heterocycles. The van der Waals surface area contributed by atoms with E-state index >= 15 is 0 Å². The smallest absolute Gasteiger partial charge is 0.260 e. The summed E-state index contributed by atoms with van der Waals surface area (Å²) in [6.07, 6.45) is 0.428. The number of methoxy groups -OCH3 is 2. The Balaban J connectivity index is 1.66. The molecule has 9 nitrogen and oxygen atoms in total. The lowest BCUT2D eigenvalue weighted by Gasteiger charge is -2.25. The third-order valence-corrected chi connectivity index (χ3v) is 7.36. The molecule has 2 heterocycles. The third kappa shape index (κ3) is 5.05. The summed E-state index contributed by atoms with van der Waals surface area (Å²) in [4.78, 5) is 47.7. The van der Waals surface area contributed by atoms with Crippen LogP contribution in [0.2, 0.25) is 0 Å². The van der Waals surface area contributed by atoms with E-state index in [9.17, 15) is 14.4 Å². The molecule has 0 unspecified atom stereocenters. The van der Waals surface area contributed by atoms with E-state index in [-0.39, 0.29) is 30.6 Å². The summed E-state index contributed by atoms with van der Waals surface area (Å²) in [7, 11) is 3.16. The number of benzene rings is 2. The quantitative estimate of drug-likeness (QED) is 0.381. The van der Waals surface area contributed by atoms with E-state index in [2.05, 4.69) is 18.7 Å². The topological polar surface area (TPSA) is 92.3 Å². The fourth-order valence-corrected chi connectivity index (χ4v) is 5.20. The van der Waals surface area contributed by atoms with Crippen molar-refractivity contribution in [1.82, 2.24) is 9.88 Å². The monoisotopic (exact) mass is 510 g/mol. The first-order valence-corrected chi connectivity index (χ1v) is 12.7. The number of fused-ring (bicyclic) bond motifs is 1. The van der Waals surface area contributed by atoms with Gasteiger partial charge in [-0.3, -0.25) is 24.2 Å². The number of amides is 3. The zero-order valence-electron chi connectivity index (χ0n) is 20.9. The minimum absolute atomic E-state index is 0.203. The Hall–Kier alpha value is -3.50. The average molecular weight is 511 g/mol. The molecule has 3 aromatic rings. The molecular weight excluding hydrogens is 480 g/mol. The molecule has 0 saturated carbocycles. The Labute approximate surface area is 214 Å². The molecule has 4 rings (SSSR count). The first-order chi connectivity index (χ1) is 17.4. The van der Waals surface area contributed by atoms with Crippen LogP contribution in [0.1, 0.15) is 37.0 Å². The number of rotatable bonds is 10. The number of carbonyl (C=O) groups is 3. The summed E-state index contributed by atoms with van der Waals surface area (Å²) in [5.74, 6) is 0.526. The van der Waals surface area contributed by atoms with Gasteiger partial charge in [0.2, 0.25) is 11.8 Å². The zero-order valence-corrected chi connectivity index (χ0v) is 21.8. The normalized spacial score (nSPS) is 13.6. The molecule has 2 aromatic carbocycles. The van der Waals surface area contributed by atoms with Crippen LogP contribution >= 0.6 is 11.3 Å². The van der Waals surface area contributed by atoms with E-state index in [0.29, 0.717) is 41.0 Å². The van der Waals surface area contributed by atoms with Crippen LogP contribution < -0.4 is 19.3 Å². The predicted molar refractivity (Wildman–Crippen MR) is 140 cm³/mol. The summed E-state index contributed by atoms with van der Waals surface area (Å²) < 4.78 is 11.7. The second-order valence-corrected chi connectivity index (χ2v) is 9.33. The van der Waals surface area contributed by atoms with Gasteiger partial charge in [-0.05, 0) is 37.4 Å². The number of carbonyl (C=O) groups excluding carboxylic acids is 3. The van der Waals surface area contributed by atoms with E-state index in [0.717, 1.165) is 23.3 Å². The van der Waals surface area contributed by atoms with Gasteiger partial charge < -0.3 is 14.4 Å². The summed E-state index contributed by atoms with van der Waals surface area (Å²) in [5.41, 5.74) is 1.65. The van der Waals surface area contributed by atoms with Crippen LogP contribution in [-0.2, 0) is 9.59 Å². The molecule has 1 saturated heterocycles. The van der Waals surface area contributed by atoms with Crippen molar-refractivity contribution in [2.75, 3.05) is 50.2 Å². The van der Waals surface area contributed by atoms with Gasteiger partial charge in [0.1, 0.15) is 0 Å². The highest BCUT2D eigenvalue weighted by Gasteiger charge is 2.30. The Bertz CT molecular complexity index is 1210. The molecule has 10 heteroatoms. The predicted octanol–water partition coefficient (Wildman–Crippen LogP) is 3.96. The van der Waals surface area contributed by atoms with Crippen LogP contribution in [0.15, 0.2) is 36.4 Å². The van der Waals surface area contributed by atoms with Crippen molar-refractivity contribution < 1.29 is 23.9 Å². The third-order valence-electron chi connectivity index (χ3n) is 6.32. The number of imide groups is 1. The number of anilines is 2. The minimum Gasteiger partial charge on any atom is -0.493 e. The molecule has 1 aromatic heterocycles. The van der Waals surface area contributed by atoms with Gasteiger partial charge >= 0.3 is 0 Å². The summed E-state index contributed by atoms with van der Waals surface area (Å²) >= 11 is 1.41. The lowest BCUT2D eigenvalue weighted by Crippen LogP contribution is -2.39. The van der Waals surface area contributed by atoms with Crippen LogP contribution in [0.5, 0.6) is 11.5 Å². The van der Waals surface area contributed by atoms with Gasteiger partial charge in [0.15, 0.2) is 16.6 Å². The lowest BCUT2D eigenvalue weighted by molar-refractivity contribution is -0.121. The number of thiazole rings is 1. The van der Waals surface area contributed by atoms with Gasteiger partial charge in [0.25, 0.3) is 5.91 Å². The van der Waals surface area contributed by atoms with Crippen molar-refractivity contribution >= 4 is 50.1 Å². The largest absolute Gasteiger partial charge is 0.493 e. The van der Waals surface area contributed by atoms with Gasteiger partial charge in [0.05, 0.1) is 30.1 Å². The summed E-state index contributed by atoms with van der Waals surface area (Å²) in [5, 5.41) is 0.575. The molecule has 190 valence electrons. The van der Waals surface area contributed by atoms with Crippen molar-refractivity contribution in [1.29, 1.82) is 0 Å². The van der Waals surface area contributed by atoms with Crippen molar-refractivity contribution in [3.8, 4) is 11.5 Å². The van der Waals surface area contributed by atoms with Gasteiger partial charge in [-0.15, -0.1) is 0 Å². The van der Waals surface area contributed by atoms with Crippen LogP contribution in [-0.4, -0.2) is 68.0 Å². The second-order valence-electron chi connectivity index (χ2n) is 8.32. The van der Waals surface area contributed by atoms with Gasteiger partial charge in [-0.1, -0.05) is 25.2 Å². The molecular formula is C26H30N4O5S. The molecule has 0 radical (unpaired) electrons. The minimum atomic E-state index is -0.222. The molecule has 1 aliphatic rings. The first kappa shape index (κ1) is 25.6. The van der Waals surface area contributed by atoms with Crippen molar-refractivity contribution in [3.05, 3.63) is 42.0 Å². The van der Waals surface area contributed by atoms with E-state index in [1.807, 2.05) is 6.07 Å². The SMILES string of the molecule is CCN(CC)CCN(C(=O)c1ccc(N2C(=O)CCC2=O)cc1)c1nc2cc(OC)c(OC)cc2s1. The van der Waals surface area contributed by atoms with Crippen LogP contribution in [0, 0.1) is 0 Å². The molecule has 0 aliphatic carbocycles. The van der Waals surface area contributed by atoms with Gasteiger partial charge in [0, 0.05) is 43.6 Å². The molecule has 0 spiro atoms. The van der Waals surface area contributed by atoms with Gasteiger partial charge in [-0.2, -0.15) is 0 Å². The Morgan fingerprint density at radius 1 is 0.972 bits per heavy atom. The standard InChI is InChI=1S/C26H30N4O5S/c1-5-28(6-2)13-14-29(26-27-19-15-20(34-3)21(35-4)16-22(19)36-26)25(33)17-7-9-18(10-8-17)30-23(31)11-12-24(30)32/h7-10,15-16H,5-6,11-14H2,1-4H3. The Morgan fingerprint density at radius 2 is 1.58 bits per heavy atom. The van der Waals surface area contributed by atoms with E-state index in [1.165, 1.54) is 16.2 Å². The van der Waals surface area contributed by atoms with Crippen molar-refractivity contribution in [2.45, 2.75) is 26.7 Å². The van der Waals surface area contributed by atoms with E-state index in [1.54, 1.807) is 49.5 Å². The summed E-state index contributed by atoms with van der Waals surface area (Å²) in [6, 6.07) is 10.3. The fourth-order valence-electron chi connectivity index (χ4n) is 4.20. The Morgan fingerprint density at radius 3 is 2.17 bits per heavy atom. The van der Waals surface area contributed by atoms with E-state index in [4.69, 9.17) is 14.5 Å². The fraction of sp³-hybridized carbons (Fsp3) is 0.385. The van der Waals surface area contributed by atoms with Crippen LogP contribution in [0.25, 0.3) is 10.2 Å². The number of nitrogens with zero attached hydrogens (tertiary/aromatic N) is 4. The Kier molecular flexibility index (Phi) is 7.85. The molecule has 0 bridgehead atoms. The average Bonchev–Trinajstić information content (AvgIpc) is 3.47. The molecule has 3 amide bonds. The number of likely N-dealkylation sites (N-methyl/N-ethyl adjacent to an activating group) is 1. The summed E-state index contributed by atoms with van der Waals surface area (Å²) in [6.45, 7) is 7.07. The van der Waals surface area contributed by atoms with Crippen LogP contribution in [0.4, 0.5) is 10.8 Å². The molecule has 1 fully saturated rings. The maximum Gasteiger partial charge on any atom is 0.260 e. The zero-order chi connectivity index (χ0) is 25.8. The highest BCUT2D eigenvalue weighted by atomic mass is 32.1. The lowest BCUT2D eigenvalue weighted by atomic mass is 10.1. The molecule has 0 atom stereocenters. The molecule has 0 N–H and O–H groups in total. The number of hydrogen-bond acceptors (Lipinski definition) is 8. The van der Waals surface area contributed by atoms with Gasteiger partial charge in [-0.25, -0.2) is 4.98 Å². The van der Waals surface area contributed by atoms with Crippen molar-refractivity contribution in [3.63, 3.8) is 0 Å². The maximum atomic E-state index is 13.7. The second kappa shape index (κ2) is 11.0. The number of hydrogen-bond donors (Lipinski definition) is 0. The van der Waals surface area contributed by atoms with Crippen LogP contribution in [0.3, 0.4) is 0 Å². The van der Waals surface area contributed by atoms with E-state index < -0.39 is 0 Å². The number of ether oxygens (including phenoxy) is 2. The molecule has 36 heavy (non-hydrogen) atoms. The highest BCUT2D eigenvalue weighted by molar-refractivity contribution is 7.22. The van der Waals surface area contributed by atoms with Crippen molar-refractivity contribution in [2.24, 2.45) is 0 Å². The first-order valence-electron chi connectivity index (χ1n) is 11.9. The number of aromatic nitrogens is 1. The maximum absolute atomic E-state index is 13.7. The highest BCUT2D eigenvalue weighted by Crippen LogP contribution is 2.37.